The van der Waals surface area contributed by atoms with Crippen molar-refractivity contribution in [3.8, 4) is 0 Å². The summed E-state index contributed by atoms with van der Waals surface area (Å²) in [5.74, 6) is 0. The van der Waals surface area contributed by atoms with Gasteiger partial charge in [-0.1, -0.05) is 76.9 Å². The molecule has 0 aromatic carbocycles. The van der Waals surface area contributed by atoms with Gasteiger partial charge in [0.2, 0.25) is 0 Å². The third kappa shape index (κ3) is 11.5. The Balaban J connectivity index is 1.79. The Morgan fingerprint density at radius 2 is 1.52 bits per heavy atom. The molecular formula is C22H42N2O. The minimum Gasteiger partial charge on any atom is -0.379 e. The molecule has 3 heteroatoms. The van der Waals surface area contributed by atoms with Crippen LogP contribution in [0.25, 0.3) is 0 Å². The number of aliphatic hydroxyl groups is 1. The summed E-state index contributed by atoms with van der Waals surface area (Å²) in [4.78, 5) is 6.55. The maximum Gasteiger partial charge on any atom is 0.106 e. The molecule has 1 aliphatic rings. The molecule has 0 aliphatic carbocycles. The summed E-state index contributed by atoms with van der Waals surface area (Å²) in [6.07, 6.45) is 25.1. The van der Waals surface area contributed by atoms with Crippen LogP contribution >= 0.6 is 0 Å². The van der Waals surface area contributed by atoms with E-state index in [1.807, 2.05) is 13.1 Å². The predicted octanol–water partition coefficient (Wildman–Crippen LogP) is 6.07. The van der Waals surface area contributed by atoms with Crippen molar-refractivity contribution in [2.75, 3.05) is 6.54 Å². The van der Waals surface area contributed by atoms with Gasteiger partial charge in [-0.05, 0) is 39.0 Å². The van der Waals surface area contributed by atoms with E-state index in [1.165, 1.54) is 83.5 Å². The Morgan fingerprint density at radius 1 is 0.960 bits per heavy atom. The highest BCUT2D eigenvalue weighted by Crippen LogP contribution is 2.18. The average Bonchev–Trinajstić information content (AvgIpc) is 3.07. The normalized spacial score (nSPS) is 19.2. The number of aliphatic imine (C=N–C) groups is 1. The zero-order chi connectivity index (χ0) is 18.2. The van der Waals surface area contributed by atoms with Gasteiger partial charge < -0.3 is 5.11 Å². The van der Waals surface area contributed by atoms with Crippen LogP contribution in [0, 0.1) is 0 Å². The number of hydrogen-bond donors (Lipinski definition) is 1. The van der Waals surface area contributed by atoms with Crippen LogP contribution in [-0.4, -0.2) is 35.2 Å². The molecule has 0 radical (unpaired) electrons. The quantitative estimate of drug-likeness (QED) is 0.271. The fourth-order valence-electron chi connectivity index (χ4n) is 3.58. The van der Waals surface area contributed by atoms with Gasteiger partial charge in [0.1, 0.15) is 12.4 Å². The van der Waals surface area contributed by atoms with Gasteiger partial charge in [-0.15, -0.1) is 0 Å². The summed E-state index contributed by atoms with van der Waals surface area (Å²) < 4.78 is 0. The molecule has 0 saturated heterocycles. The van der Waals surface area contributed by atoms with Crippen LogP contribution in [0.2, 0.25) is 0 Å². The van der Waals surface area contributed by atoms with E-state index in [9.17, 15) is 5.11 Å². The van der Waals surface area contributed by atoms with Crippen LogP contribution in [0.15, 0.2) is 17.1 Å². The Bertz CT molecular complexity index is 352. The minimum absolute atomic E-state index is 0.220. The maximum atomic E-state index is 9.69. The van der Waals surface area contributed by atoms with E-state index < -0.39 is 0 Å². The molecule has 2 atom stereocenters. The van der Waals surface area contributed by atoms with E-state index >= 15 is 0 Å². The first kappa shape index (κ1) is 22.4. The standard InChI is InChI=1S/C22H42N2O/c1-3-4-5-6-7-8-9-10-11-12-13-14-15-16-17-18-22-23-19-20-24(22)21(2)25/h4-5,19,21-22,25H,3,6-18,20H2,1-2H3/b5-4+. The molecule has 2 unspecified atom stereocenters. The van der Waals surface area contributed by atoms with Crippen molar-refractivity contribution < 1.29 is 5.11 Å². The Labute approximate surface area is 156 Å². The SMILES string of the molecule is CC/C=C/CCCCCCCCCCCCCC1N=CCN1C(C)O. The van der Waals surface area contributed by atoms with Crippen molar-refractivity contribution in [2.45, 2.75) is 116 Å². The summed E-state index contributed by atoms with van der Waals surface area (Å²) in [5, 5.41) is 9.69. The van der Waals surface area contributed by atoms with Crippen molar-refractivity contribution in [1.29, 1.82) is 0 Å². The highest BCUT2D eigenvalue weighted by atomic mass is 16.3. The van der Waals surface area contributed by atoms with Crippen molar-refractivity contribution in [3.05, 3.63) is 12.2 Å². The maximum absolute atomic E-state index is 9.69. The number of hydrogen-bond acceptors (Lipinski definition) is 3. The number of nitrogens with zero attached hydrogens (tertiary/aromatic N) is 2. The van der Waals surface area contributed by atoms with Crippen molar-refractivity contribution >= 4 is 6.21 Å². The minimum atomic E-state index is -0.375. The second kappa shape index (κ2) is 15.6. The first-order valence-corrected chi connectivity index (χ1v) is 10.9. The molecule has 25 heavy (non-hydrogen) atoms. The number of allylic oxidation sites excluding steroid dienone is 2. The van der Waals surface area contributed by atoms with Crippen LogP contribution in [0.1, 0.15) is 104 Å². The van der Waals surface area contributed by atoms with Gasteiger partial charge in [0.25, 0.3) is 0 Å². The lowest BCUT2D eigenvalue weighted by Gasteiger charge is -2.25. The highest BCUT2D eigenvalue weighted by Gasteiger charge is 2.23. The fourth-order valence-corrected chi connectivity index (χ4v) is 3.58. The average molecular weight is 351 g/mol. The first-order chi connectivity index (χ1) is 12.3. The second-order valence-corrected chi connectivity index (χ2v) is 7.49. The van der Waals surface area contributed by atoms with Crippen molar-refractivity contribution in [2.24, 2.45) is 4.99 Å². The van der Waals surface area contributed by atoms with Crippen LogP contribution in [0.3, 0.4) is 0 Å². The van der Waals surface area contributed by atoms with E-state index in [-0.39, 0.29) is 12.4 Å². The van der Waals surface area contributed by atoms with E-state index in [4.69, 9.17) is 0 Å². The number of aliphatic hydroxyl groups excluding tert-OH is 1. The van der Waals surface area contributed by atoms with Gasteiger partial charge in [0.15, 0.2) is 0 Å². The number of unbranched alkanes of at least 4 members (excludes halogenated alkanes) is 11. The van der Waals surface area contributed by atoms with Crippen LogP contribution in [0.4, 0.5) is 0 Å². The fraction of sp³-hybridized carbons (Fsp3) is 0.864. The molecule has 1 heterocycles. The third-order valence-electron chi connectivity index (χ3n) is 5.17. The molecule has 0 fully saturated rings. The van der Waals surface area contributed by atoms with E-state index in [0.29, 0.717) is 0 Å². The molecule has 1 aliphatic heterocycles. The van der Waals surface area contributed by atoms with Crippen molar-refractivity contribution in [1.82, 2.24) is 4.90 Å². The van der Waals surface area contributed by atoms with Gasteiger partial charge in [0.05, 0.1) is 0 Å². The Hall–Kier alpha value is -0.670. The zero-order valence-corrected chi connectivity index (χ0v) is 16.8. The summed E-state index contributed by atoms with van der Waals surface area (Å²) in [7, 11) is 0. The summed E-state index contributed by atoms with van der Waals surface area (Å²) in [6.45, 7) is 4.84. The molecular weight excluding hydrogens is 308 g/mol. The van der Waals surface area contributed by atoms with E-state index in [2.05, 4.69) is 29.0 Å². The molecule has 1 N–H and O–H groups in total. The van der Waals surface area contributed by atoms with E-state index in [0.717, 1.165) is 13.0 Å². The highest BCUT2D eigenvalue weighted by molar-refractivity contribution is 5.62. The van der Waals surface area contributed by atoms with Gasteiger partial charge >= 0.3 is 0 Å². The Kier molecular flexibility index (Phi) is 13.9. The van der Waals surface area contributed by atoms with Crippen LogP contribution in [-0.2, 0) is 0 Å². The number of rotatable bonds is 16. The Morgan fingerprint density at radius 3 is 2.08 bits per heavy atom. The molecule has 0 aromatic heterocycles. The lowest BCUT2D eigenvalue weighted by molar-refractivity contribution is 0.00710. The molecule has 0 bridgehead atoms. The monoisotopic (exact) mass is 350 g/mol. The van der Waals surface area contributed by atoms with Gasteiger partial charge in [-0.2, -0.15) is 0 Å². The molecule has 0 spiro atoms. The van der Waals surface area contributed by atoms with E-state index in [1.54, 1.807) is 0 Å². The summed E-state index contributed by atoms with van der Waals surface area (Å²) in [5.41, 5.74) is 0. The van der Waals surface area contributed by atoms with Gasteiger partial charge in [0, 0.05) is 12.8 Å². The smallest absolute Gasteiger partial charge is 0.106 e. The molecule has 3 nitrogen and oxygen atoms in total. The van der Waals surface area contributed by atoms with Crippen LogP contribution in [0.5, 0.6) is 0 Å². The second-order valence-electron chi connectivity index (χ2n) is 7.49. The molecule has 0 saturated carbocycles. The predicted molar refractivity (Wildman–Crippen MR) is 110 cm³/mol. The third-order valence-corrected chi connectivity index (χ3v) is 5.17. The molecule has 146 valence electrons. The van der Waals surface area contributed by atoms with Crippen LogP contribution < -0.4 is 0 Å². The molecule has 1 rings (SSSR count). The zero-order valence-electron chi connectivity index (χ0n) is 16.8. The topological polar surface area (TPSA) is 35.8 Å². The summed E-state index contributed by atoms with van der Waals surface area (Å²) >= 11 is 0. The van der Waals surface area contributed by atoms with Gasteiger partial charge in [-0.25, -0.2) is 0 Å². The van der Waals surface area contributed by atoms with Crippen molar-refractivity contribution in [3.63, 3.8) is 0 Å². The summed E-state index contributed by atoms with van der Waals surface area (Å²) in [6, 6.07) is 0. The lowest BCUT2D eigenvalue weighted by Crippen LogP contribution is -2.37. The first-order valence-electron chi connectivity index (χ1n) is 10.9. The molecule has 0 amide bonds. The molecule has 0 aromatic rings. The largest absolute Gasteiger partial charge is 0.379 e. The van der Waals surface area contributed by atoms with Gasteiger partial charge in [-0.3, -0.25) is 9.89 Å². The lowest BCUT2D eigenvalue weighted by atomic mass is 10.0.